The summed E-state index contributed by atoms with van der Waals surface area (Å²) in [6.45, 7) is 3.39. The molecule has 1 unspecified atom stereocenters. The molecule has 0 saturated carbocycles. The lowest BCUT2D eigenvalue weighted by Gasteiger charge is -2.11. The van der Waals surface area contributed by atoms with Crippen LogP contribution in [0.25, 0.3) is 0 Å². The van der Waals surface area contributed by atoms with E-state index in [1.807, 2.05) is 0 Å². The van der Waals surface area contributed by atoms with Crippen molar-refractivity contribution in [3.63, 3.8) is 0 Å². The van der Waals surface area contributed by atoms with Crippen LogP contribution in [0, 0.1) is 0 Å². The van der Waals surface area contributed by atoms with Gasteiger partial charge in [0.15, 0.2) is 0 Å². The molecule has 0 aliphatic heterocycles. The number of rotatable bonds is 4. The van der Waals surface area contributed by atoms with Gasteiger partial charge in [0.2, 0.25) is 6.43 Å². The molecule has 1 aromatic carbocycles. The van der Waals surface area contributed by atoms with E-state index >= 15 is 0 Å². The molecule has 0 spiro atoms. The number of hydrogen-bond acceptors (Lipinski definition) is 1. The van der Waals surface area contributed by atoms with E-state index in [1.165, 1.54) is 13.2 Å². The van der Waals surface area contributed by atoms with Gasteiger partial charge in [-0.1, -0.05) is 18.2 Å². The molecule has 0 aliphatic carbocycles. The number of ether oxygens (including phenoxy) is 1. The van der Waals surface area contributed by atoms with E-state index < -0.39 is 12.3 Å². The molecule has 0 saturated heterocycles. The van der Waals surface area contributed by atoms with Gasteiger partial charge in [0, 0.05) is 0 Å². The first-order valence-electron chi connectivity index (χ1n) is 4.23. The van der Waals surface area contributed by atoms with Gasteiger partial charge < -0.3 is 4.74 Å². The highest BCUT2D eigenvalue weighted by Crippen LogP contribution is 2.25. The molecule has 0 aliphatic rings. The zero-order valence-electron chi connectivity index (χ0n) is 7.91. The topological polar surface area (TPSA) is 9.23 Å². The molecule has 3 heteroatoms. The first kappa shape index (κ1) is 10.7. The number of hydrogen-bond donors (Lipinski definition) is 0. The summed E-state index contributed by atoms with van der Waals surface area (Å²) in [6.07, 6.45) is -1.16. The van der Waals surface area contributed by atoms with Crippen LogP contribution in [0.5, 0.6) is 5.75 Å². The number of benzene rings is 1. The smallest absolute Gasteiger partial charge is 0.248 e. The third-order valence-corrected chi connectivity index (χ3v) is 2.03. The lowest BCUT2D eigenvalue weighted by molar-refractivity contribution is 0.131. The summed E-state index contributed by atoms with van der Waals surface area (Å²) in [5.74, 6) is -0.244. The Kier molecular flexibility index (Phi) is 3.63. The predicted octanol–water partition coefficient (Wildman–Crippen LogP) is 3.23. The molecule has 76 valence electrons. The lowest BCUT2D eigenvalue weighted by Crippen LogP contribution is -2.05. The summed E-state index contributed by atoms with van der Waals surface area (Å²) in [5.41, 5.74) is 0.552. The minimum absolute atomic E-state index is 0.552. The first-order chi connectivity index (χ1) is 6.69. The fourth-order valence-electron chi connectivity index (χ4n) is 1.21. The third-order valence-electron chi connectivity index (χ3n) is 2.03. The summed E-state index contributed by atoms with van der Waals surface area (Å²) in [6, 6.07) is 6.57. The van der Waals surface area contributed by atoms with Crippen molar-refractivity contribution in [2.24, 2.45) is 0 Å². The second kappa shape index (κ2) is 4.74. The molecule has 14 heavy (non-hydrogen) atoms. The van der Waals surface area contributed by atoms with E-state index in [0.29, 0.717) is 11.3 Å². The molecule has 0 N–H and O–H groups in total. The van der Waals surface area contributed by atoms with Crippen LogP contribution >= 0.6 is 0 Å². The monoisotopic (exact) mass is 198 g/mol. The van der Waals surface area contributed by atoms with Gasteiger partial charge >= 0.3 is 0 Å². The highest BCUT2D eigenvalue weighted by atomic mass is 19.3. The second-order valence-corrected chi connectivity index (χ2v) is 2.87. The molecule has 0 aromatic heterocycles. The first-order valence-corrected chi connectivity index (χ1v) is 4.23. The number of halogens is 2. The number of methoxy groups -OCH3 is 1. The van der Waals surface area contributed by atoms with Crippen LogP contribution in [0.15, 0.2) is 36.9 Å². The molecule has 0 bridgehead atoms. The van der Waals surface area contributed by atoms with Crippen LogP contribution in [0.2, 0.25) is 0 Å². The van der Waals surface area contributed by atoms with Crippen molar-refractivity contribution in [1.29, 1.82) is 0 Å². The fraction of sp³-hybridized carbons (Fsp3) is 0.273. The maximum atomic E-state index is 12.5. The molecule has 0 fully saturated rings. The van der Waals surface area contributed by atoms with Crippen molar-refractivity contribution in [2.45, 2.75) is 12.3 Å². The molecule has 1 aromatic rings. The minimum atomic E-state index is -2.42. The van der Waals surface area contributed by atoms with Crippen LogP contribution in [0.1, 0.15) is 11.5 Å². The molecule has 0 radical (unpaired) electrons. The normalized spacial score (nSPS) is 12.6. The molecule has 1 nitrogen and oxygen atoms in total. The second-order valence-electron chi connectivity index (χ2n) is 2.87. The van der Waals surface area contributed by atoms with Gasteiger partial charge in [-0.25, -0.2) is 8.78 Å². The van der Waals surface area contributed by atoms with Crippen molar-refractivity contribution < 1.29 is 13.5 Å². The van der Waals surface area contributed by atoms with Gasteiger partial charge in [-0.2, -0.15) is 0 Å². The summed E-state index contributed by atoms with van der Waals surface area (Å²) in [7, 11) is 1.53. The molecular weight excluding hydrogens is 186 g/mol. The van der Waals surface area contributed by atoms with Crippen LogP contribution in [-0.2, 0) is 0 Å². The van der Waals surface area contributed by atoms with Crippen molar-refractivity contribution in [2.75, 3.05) is 7.11 Å². The Labute approximate surface area is 82.0 Å². The maximum absolute atomic E-state index is 12.5. The Balaban J connectivity index is 2.89. The average Bonchev–Trinajstić information content (AvgIpc) is 2.19. The number of allylic oxidation sites excluding steroid dienone is 1. The Morgan fingerprint density at radius 3 is 2.21 bits per heavy atom. The van der Waals surface area contributed by atoms with E-state index in [1.54, 1.807) is 24.3 Å². The van der Waals surface area contributed by atoms with Crippen LogP contribution in [0.3, 0.4) is 0 Å². The summed E-state index contributed by atoms with van der Waals surface area (Å²) < 4.78 is 29.9. The Bertz CT molecular complexity index is 293. The van der Waals surface area contributed by atoms with Crippen LogP contribution in [-0.4, -0.2) is 13.5 Å². The highest BCUT2D eigenvalue weighted by Gasteiger charge is 2.18. The predicted molar refractivity (Wildman–Crippen MR) is 51.9 cm³/mol. The fourth-order valence-corrected chi connectivity index (χ4v) is 1.21. The van der Waals surface area contributed by atoms with E-state index in [4.69, 9.17) is 4.74 Å². The summed E-state index contributed by atoms with van der Waals surface area (Å²) in [4.78, 5) is 0. The third kappa shape index (κ3) is 2.31. The zero-order chi connectivity index (χ0) is 10.6. The highest BCUT2D eigenvalue weighted by molar-refractivity contribution is 5.31. The standard InChI is InChI=1S/C11H12F2O/c1-3-10(11(12)13)8-4-6-9(14-2)7-5-8/h3-7,10-11H,1H2,2H3. The van der Waals surface area contributed by atoms with E-state index in [9.17, 15) is 8.78 Å². The van der Waals surface area contributed by atoms with Gasteiger partial charge in [-0.15, -0.1) is 6.58 Å². The Morgan fingerprint density at radius 2 is 1.86 bits per heavy atom. The molecule has 0 heterocycles. The minimum Gasteiger partial charge on any atom is -0.497 e. The van der Waals surface area contributed by atoms with Gasteiger partial charge in [0.05, 0.1) is 13.0 Å². The van der Waals surface area contributed by atoms with Crippen LogP contribution in [0.4, 0.5) is 8.78 Å². The van der Waals surface area contributed by atoms with Gasteiger partial charge in [0.25, 0.3) is 0 Å². The van der Waals surface area contributed by atoms with Crippen molar-refractivity contribution in [1.82, 2.24) is 0 Å². The van der Waals surface area contributed by atoms with Crippen molar-refractivity contribution in [3.05, 3.63) is 42.5 Å². The zero-order valence-corrected chi connectivity index (χ0v) is 7.91. The largest absolute Gasteiger partial charge is 0.497 e. The molecule has 1 rings (SSSR count). The van der Waals surface area contributed by atoms with E-state index in [2.05, 4.69) is 6.58 Å². The summed E-state index contributed by atoms with van der Waals surface area (Å²) >= 11 is 0. The molecule has 1 atom stereocenters. The molecular formula is C11H12F2O. The van der Waals surface area contributed by atoms with Crippen molar-refractivity contribution >= 4 is 0 Å². The Hall–Kier alpha value is -1.38. The Morgan fingerprint density at radius 1 is 1.29 bits per heavy atom. The number of alkyl halides is 2. The molecule has 0 amide bonds. The quantitative estimate of drug-likeness (QED) is 0.675. The lowest BCUT2D eigenvalue weighted by atomic mass is 10.00. The maximum Gasteiger partial charge on any atom is 0.248 e. The summed E-state index contributed by atoms with van der Waals surface area (Å²) in [5, 5.41) is 0. The van der Waals surface area contributed by atoms with E-state index in [-0.39, 0.29) is 0 Å². The van der Waals surface area contributed by atoms with Crippen molar-refractivity contribution in [3.8, 4) is 5.75 Å². The van der Waals surface area contributed by atoms with Gasteiger partial charge in [-0.05, 0) is 17.7 Å². The SMILES string of the molecule is C=CC(c1ccc(OC)cc1)C(F)F. The van der Waals surface area contributed by atoms with Gasteiger partial charge in [0.1, 0.15) is 5.75 Å². The average molecular weight is 198 g/mol. The van der Waals surface area contributed by atoms with Gasteiger partial charge in [-0.3, -0.25) is 0 Å². The van der Waals surface area contributed by atoms with Crippen LogP contribution < -0.4 is 4.74 Å². The van der Waals surface area contributed by atoms with E-state index in [0.717, 1.165) is 0 Å².